The maximum Gasteiger partial charge on any atom is 0.0630 e. The van der Waals surface area contributed by atoms with Crippen LogP contribution < -0.4 is 11.5 Å². The molecule has 20 heavy (non-hydrogen) atoms. The van der Waals surface area contributed by atoms with E-state index in [0.29, 0.717) is 0 Å². The third-order valence-corrected chi connectivity index (χ3v) is 3.58. The van der Waals surface area contributed by atoms with Crippen molar-refractivity contribution in [3.63, 3.8) is 0 Å². The zero-order valence-electron chi connectivity index (χ0n) is 10.8. The second-order valence-corrected chi connectivity index (χ2v) is 5.06. The van der Waals surface area contributed by atoms with Crippen molar-refractivity contribution in [2.45, 2.75) is 0 Å². The highest BCUT2D eigenvalue weighted by Crippen LogP contribution is 2.28. The maximum atomic E-state index is 5.81. The molecule has 4 nitrogen and oxygen atoms in total. The summed E-state index contributed by atoms with van der Waals surface area (Å²) in [5.74, 6) is 0. The van der Waals surface area contributed by atoms with E-state index in [2.05, 4.69) is 22.1 Å². The fourth-order valence-electron chi connectivity index (χ4n) is 2.59. The number of fused-ring (bicyclic) bond motifs is 2. The average Bonchev–Trinajstić information content (AvgIpc) is 3.00. The summed E-state index contributed by atoms with van der Waals surface area (Å²) in [4.78, 5) is 6.79. The zero-order chi connectivity index (χ0) is 13.7. The summed E-state index contributed by atoms with van der Waals surface area (Å²) in [6.45, 7) is 0. The fourth-order valence-corrected chi connectivity index (χ4v) is 2.59. The van der Waals surface area contributed by atoms with E-state index in [9.17, 15) is 0 Å². The summed E-state index contributed by atoms with van der Waals surface area (Å²) >= 11 is 0. The van der Waals surface area contributed by atoms with Crippen LogP contribution in [0.1, 0.15) is 0 Å². The van der Waals surface area contributed by atoms with Crippen molar-refractivity contribution in [1.29, 1.82) is 0 Å². The second-order valence-electron chi connectivity index (χ2n) is 5.06. The average molecular weight is 262 g/mol. The van der Waals surface area contributed by atoms with Gasteiger partial charge in [-0.1, -0.05) is 0 Å². The molecule has 0 fully saturated rings. The summed E-state index contributed by atoms with van der Waals surface area (Å²) in [5.41, 5.74) is 17.4. The van der Waals surface area contributed by atoms with Gasteiger partial charge in [-0.2, -0.15) is 0 Å². The molecule has 98 valence electrons. The molecule has 0 aliphatic carbocycles. The number of hydrogen-bond acceptors (Lipinski definition) is 2. The Morgan fingerprint density at radius 2 is 1.05 bits per heavy atom. The molecule has 0 unspecified atom stereocenters. The lowest BCUT2D eigenvalue weighted by Gasteiger charge is -1.92. The molecule has 0 aliphatic heterocycles. The molecule has 0 radical (unpaired) electrons. The van der Waals surface area contributed by atoms with Crippen molar-refractivity contribution in [2.75, 3.05) is 11.5 Å². The van der Waals surface area contributed by atoms with Gasteiger partial charge in [-0.25, -0.2) is 0 Å². The van der Waals surface area contributed by atoms with E-state index in [1.165, 1.54) is 0 Å². The van der Waals surface area contributed by atoms with E-state index in [1.54, 1.807) is 0 Å². The molecule has 0 aliphatic rings. The lowest BCUT2D eigenvalue weighted by atomic mass is 10.2. The predicted octanol–water partition coefficient (Wildman–Crippen LogP) is 3.48. The van der Waals surface area contributed by atoms with Crippen molar-refractivity contribution >= 4 is 33.2 Å². The van der Waals surface area contributed by atoms with Gasteiger partial charge >= 0.3 is 0 Å². The maximum absolute atomic E-state index is 5.81. The first-order chi connectivity index (χ1) is 9.69. The molecule has 2 heterocycles. The highest BCUT2D eigenvalue weighted by atomic mass is 14.8. The topological polar surface area (TPSA) is 83.6 Å². The van der Waals surface area contributed by atoms with Gasteiger partial charge in [0.2, 0.25) is 0 Å². The van der Waals surface area contributed by atoms with Crippen LogP contribution in [0, 0.1) is 0 Å². The number of anilines is 2. The minimum atomic E-state index is 0.771. The third-order valence-electron chi connectivity index (χ3n) is 3.58. The van der Waals surface area contributed by atoms with E-state index < -0.39 is 0 Å². The Hall–Kier alpha value is -2.88. The number of aromatic nitrogens is 2. The van der Waals surface area contributed by atoms with Crippen LogP contribution in [-0.2, 0) is 0 Å². The highest BCUT2D eigenvalue weighted by Gasteiger charge is 2.07. The number of aromatic amines is 2. The van der Waals surface area contributed by atoms with E-state index in [0.717, 1.165) is 44.6 Å². The van der Waals surface area contributed by atoms with Crippen LogP contribution in [0.5, 0.6) is 0 Å². The van der Waals surface area contributed by atoms with Crippen LogP contribution in [0.15, 0.2) is 48.5 Å². The van der Waals surface area contributed by atoms with E-state index >= 15 is 0 Å². The third kappa shape index (κ3) is 1.62. The largest absolute Gasteiger partial charge is 0.399 e. The Morgan fingerprint density at radius 1 is 0.600 bits per heavy atom. The smallest absolute Gasteiger partial charge is 0.0630 e. The van der Waals surface area contributed by atoms with Gasteiger partial charge in [0.15, 0.2) is 0 Å². The number of H-pyrrole nitrogens is 2. The monoisotopic (exact) mass is 262 g/mol. The van der Waals surface area contributed by atoms with Gasteiger partial charge in [0.05, 0.1) is 11.4 Å². The number of nitrogens with two attached hydrogens (primary N) is 2. The van der Waals surface area contributed by atoms with Gasteiger partial charge in [-0.05, 0) is 48.5 Å². The Kier molecular flexibility index (Phi) is 2.09. The Bertz CT molecular complexity index is 852. The second kappa shape index (κ2) is 3.81. The highest BCUT2D eigenvalue weighted by molar-refractivity contribution is 5.92. The lowest BCUT2D eigenvalue weighted by molar-refractivity contribution is 1.38. The number of rotatable bonds is 1. The van der Waals surface area contributed by atoms with Crippen molar-refractivity contribution in [3.05, 3.63) is 48.5 Å². The van der Waals surface area contributed by atoms with E-state index in [1.807, 2.05) is 36.4 Å². The van der Waals surface area contributed by atoms with Gasteiger partial charge in [0, 0.05) is 33.2 Å². The molecule has 2 aromatic heterocycles. The van der Waals surface area contributed by atoms with Crippen LogP contribution in [0.4, 0.5) is 11.4 Å². The molecule has 0 saturated carbocycles. The van der Waals surface area contributed by atoms with Gasteiger partial charge in [0.1, 0.15) is 0 Å². The zero-order valence-corrected chi connectivity index (χ0v) is 10.8. The summed E-state index contributed by atoms with van der Waals surface area (Å²) in [6.07, 6.45) is 0. The molecule has 0 saturated heterocycles. The Balaban J connectivity index is 1.91. The lowest BCUT2D eigenvalue weighted by Crippen LogP contribution is -1.81. The summed E-state index contributed by atoms with van der Waals surface area (Å²) in [7, 11) is 0. The first-order valence-electron chi connectivity index (χ1n) is 6.46. The summed E-state index contributed by atoms with van der Waals surface area (Å²) < 4.78 is 0. The fraction of sp³-hybridized carbons (Fsp3) is 0. The standard InChI is InChI=1S/C16H14N4/c17-11-1-3-13-9(5-11)7-15(19-13)16-8-10-6-12(18)2-4-14(10)20-16/h1-8,19-20H,17-18H2. The predicted molar refractivity (Wildman–Crippen MR) is 84.4 cm³/mol. The van der Waals surface area contributed by atoms with Crippen molar-refractivity contribution < 1.29 is 0 Å². The molecule has 6 N–H and O–H groups in total. The SMILES string of the molecule is Nc1ccc2[nH]c(-c3cc4cc(N)ccc4[nH]3)cc2c1. The normalized spacial score (nSPS) is 11.4. The molecule has 0 atom stereocenters. The molecule has 4 rings (SSSR count). The van der Waals surface area contributed by atoms with Crippen molar-refractivity contribution in [2.24, 2.45) is 0 Å². The first-order valence-corrected chi connectivity index (χ1v) is 6.46. The molecular formula is C16H14N4. The Labute approximate surface area is 115 Å². The molecule has 0 spiro atoms. The van der Waals surface area contributed by atoms with E-state index in [-0.39, 0.29) is 0 Å². The van der Waals surface area contributed by atoms with Gasteiger partial charge in [-0.15, -0.1) is 0 Å². The number of nitrogen functional groups attached to an aromatic ring is 2. The first kappa shape index (κ1) is 11.0. The molecule has 4 aromatic rings. The number of nitrogens with one attached hydrogen (secondary N) is 2. The quantitative estimate of drug-likeness (QED) is 0.396. The van der Waals surface area contributed by atoms with Crippen LogP contribution in [0.25, 0.3) is 33.2 Å². The minimum Gasteiger partial charge on any atom is -0.399 e. The Morgan fingerprint density at radius 3 is 1.50 bits per heavy atom. The molecule has 4 heteroatoms. The van der Waals surface area contributed by atoms with Crippen LogP contribution in [0.3, 0.4) is 0 Å². The van der Waals surface area contributed by atoms with Crippen LogP contribution in [0.2, 0.25) is 0 Å². The molecular weight excluding hydrogens is 248 g/mol. The molecule has 0 amide bonds. The minimum absolute atomic E-state index is 0.771. The number of hydrogen-bond donors (Lipinski definition) is 4. The van der Waals surface area contributed by atoms with Crippen LogP contribution >= 0.6 is 0 Å². The van der Waals surface area contributed by atoms with Gasteiger partial charge < -0.3 is 21.4 Å². The number of benzene rings is 2. The van der Waals surface area contributed by atoms with E-state index in [4.69, 9.17) is 11.5 Å². The molecule has 2 aromatic carbocycles. The summed E-state index contributed by atoms with van der Waals surface area (Å²) in [5, 5.41) is 2.22. The van der Waals surface area contributed by atoms with Crippen LogP contribution in [-0.4, -0.2) is 9.97 Å². The summed E-state index contributed by atoms with van der Waals surface area (Å²) in [6, 6.07) is 15.9. The molecule has 0 bridgehead atoms. The van der Waals surface area contributed by atoms with Gasteiger partial charge in [-0.3, -0.25) is 0 Å². The van der Waals surface area contributed by atoms with Crippen molar-refractivity contribution in [3.8, 4) is 11.4 Å². The van der Waals surface area contributed by atoms with Gasteiger partial charge in [0.25, 0.3) is 0 Å². The van der Waals surface area contributed by atoms with Crippen molar-refractivity contribution in [1.82, 2.24) is 9.97 Å².